The van der Waals surface area contributed by atoms with Crippen LogP contribution in [0.4, 0.5) is 0 Å². The van der Waals surface area contributed by atoms with Gasteiger partial charge in [-0.1, -0.05) is 6.07 Å². The molecule has 0 amide bonds. The number of rotatable bonds is 7. The largest absolute Gasteiger partial charge is 0.497 e. The molecule has 0 radical (unpaired) electrons. The molecule has 1 saturated carbocycles. The molecule has 3 rings (SSSR count). The molecule has 0 atom stereocenters. The molecule has 0 saturated heterocycles. The zero-order valence-corrected chi connectivity index (χ0v) is 12.3. The average Bonchev–Trinajstić information content (AvgIpc) is 3.21. The quantitative estimate of drug-likeness (QED) is 0.851. The maximum Gasteiger partial charge on any atom is 0.140 e. The van der Waals surface area contributed by atoms with Crippen LogP contribution in [0.2, 0.25) is 0 Å². The molecule has 1 aromatic carbocycles. The van der Waals surface area contributed by atoms with Crippen molar-refractivity contribution < 1.29 is 9.47 Å². The van der Waals surface area contributed by atoms with Crippen LogP contribution in [-0.2, 0) is 13.2 Å². The van der Waals surface area contributed by atoms with Crippen LogP contribution in [0.15, 0.2) is 30.5 Å². The minimum Gasteiger partial charge on any atom is -0.497 e. The lowest BCUT2D eigenvalue weighted by Gasteiger charge is -2.05. The fourth-order valence-corrected chi connectivity index (χ4v) is 2.65. The third kappa shape index (κ3) is 3.71. The highest BCUT2D eigenvalue weighted by Crippen LogP contribution is 2.22. The van der Waals surface area contributed by atoms with Crippen molar-refractivity contribution in [2.75, 3.05) is 7.11 Å². The van der Waals surface area contributed by atoms with Crippen molar-refractivity contribution in [1.82, 2.24) is 10.3 Å². The van der Waals surface area contributed by atoms with Gasteiger partial charge in [0.25, 0.3) is 0 Å². The first-order chi connectivity index (χ1) is 9.83. The van der Waals surface area contributed by atoms with E-state index >= 15 is 0 Å². The van der Waals surface area contributed by atoms with Crippen molar-refractivity contribution in [3.05, 3.63) is 40.3 Å². The summed E-state index contributed by atoms with van der Waals surface area (Å²) in [7, 11) is 1.65. The van der Waals surface area contributed by atoms with Gasteiger partial charge in [-0.3, -0.25) is 0 Å². The lowest BCUT2D eigenvalue weighted by molar-refractivity contribution is 0.303. The van der Waals surface area contributed by atoms with Gasteiger partial charge >= 0.3 is 0 Å². The maximum absolute atomic E-state index is 5.73. The fourth-order valence-electron chi connectivity index (χ4n) is 1.86. The third-order valence-electron chi connectivity index (χ3n) is 3.15. The summed E-state index contributed by atoms with van der Waals surface area (Å²) < 4.78 is 10.9. The Hall–Kier alpha value is -1.59. The molecule has 20 heavy (non-hydrogen) atoms. The smallest absolute Gasteiger partial charge is 0.140 e. The van der Waals surface area contributed by atoms with E-state index in [9.17, 15) is 0 Å². The number of nitrogens with one attached hydrogen (secondary N) is 1. The van der Waals surface area contributed by atoms with Crippen LogP contribution < -0.4 is 14.8 Å². The Balaban J connectivity index is 1.51. The van der Waals surface area contributed by atoms with Gasteiger partial charge in [0.1, 0.15) is 23.1 Å². The summed E-state index contributed by atoms with van der Waals surface area (Å²) in [4.78, 5) is 5.66. The molecule has 106 valence electrons. The Bertz CT molecular complexity index is 567. The lowest BCUT2D eigenvalue weighted by Crippen LogP contribution is -2.14. The van der Waals surface area contributed by atoms with Gasteiger partial charge < -0.3 is 14.8 Å². The number of benzene rings is 1. The van der Waals surface area contributed by atoms with Crippen LogP contribution in [0.25, 0.3) is 0 Å². The highest BCUT2D eigenvalue weighted by Gasteiger charge is 2.20. The monoisotopic (exact) mass is 290 g/mol. The van der Waals surface area contributed by atoms with Crippen LogP contribution in [0, 0.1) is 0 Å². The van der Waals surface area contributed by atoms with Crippen LogP contribution in [0.5, 0.6) is 11.5 Å². The highest BCUT2D eigenvalue weighted by molar-refractivity contribution is 7.11. The van der Waals surface area contributed by atoms with Gasteiger partial charge in [-0.05, 0) is 25.0 Å². The molecule has 0 unspecified atom stereocenters. The first-order valence-corrected chi connectivity index (χ1v) is 7.59. The summed E-state index contributed by atoms with van der Waals surface area (Å²) in [6.45, 7) is 1.42. The van der Waals surface area contributed by atoms with E-state index in [0.29, 0.717) is 6.61 Å². The standard InChI is InChI=1S/C15H18N2O2S/c1-18-12-3-2-4-13(7-12)19-10-15-17-9-14(20-15)8-16-11-5-6-11/h2-4,7,9,11,16H,5-6,8,10H2,1H3. The molecule has 0 bridgehead atoms. The molecule has 1 aromatic heterocycles. The van der Waals surface area contributed by atoms with Gasteiger partial charge in [-0.2, -0.15) is 0 Å². The zero-order valence-electron chi connectivity index (χ0n) is 11.5. The number of methoxy groups -OCH3 is 1. The number of hydrogen-bond donors (Lipinski definition) is 1. The molecular weight excluding hydrogens is 272 g/mol. The van der Waals surface area contributed by atoms with Crippen molar-refractivity contribution in [3.8, 4) is 11.5 Å². The Morgan fingerprint density at radius 3 is 3.00 bits per heavy atom. The van der Waals surface area contributed by atoms with E-state index in [4.69, 9.17) is 9.47 Å². The van der Waals surface area contributed by atoms with E-state index in [1.165, 1.54) is 17.7 Å². The average molecular weight is 290 g/mol. The van der Waals surface area contributed by atoms with Crippen molar-refractivity contribution >= 4 is 11.3 Å². The van der Waals surface area contributed by atoms with E-state index in [2.05, 4.69) is 10.3 Å². The molecule has 1 aliphatic carbocycles. The molecule has 0 aliphatic heterocycles. The third-order valence-corrected chi connectivity index (χ3v) is 4.12. The van der Waals surface area contributed by atoms with Crippen molar-refractivity contribution in [3.63, 3.8) is 0 Å². The van der Waals surface area contributed by atoms with Crippen molar-refractivity contribution in [1.29, 1.82) is 0 Å². The van der Waals surface area contributed by atoms with Gasteiger partial charge in [-0.15, -0.1) is 11.3 Å². The van der Waals surface area contributed by atoms with E-state index < -0.39 is 0 Å². The van der Waals surface area contributed by atoms with Gasteiger partial charge in [0.2, 0.25) is 0 Å². The van der Waals surface area contributed by atoms with Gasteiger partial charge in [0, 0.05) is 29.7 Å². The molecule has 4 nitrogen and oxygen atoms in total. The van der Waals surface area contributed by atoms with Crippen LogP contribution in [0.1, 0.15) is 22.7 Å². The fraction of sp³-hybridized carbons (Fsp3) is 0.400. The first-order valence-electron chi connectivity index (χ1n) is 6.77. The summed E-state index contributed by atoms with van der Waals surface area (Å²) in [6.07, 6.45) is 4.56. The lowest BCUT2D eigenvalue weighted by atomic mass is 10.3. The predicted octanol–water partition coefficient (Wildman–Crippen LogP) is 2.98. The van der Waals surface area contributed by atoms with Crippen molar-refractivity contribution in [2.45, 2.75) is 32.0 Å². The Morgan fingerprint density at radius 1 is 1.35 bits per heavy atom. The summed E-state index contributed by atoms with van der Waals surface area (Å²) in [5, 5.41) is 4.49. The van der Waals surface area contributed by atoms with E-state index in [-0.39, 0.29) is 0 Å². The van der Waals surface area contributed by atoms with Crippen LogP contribution in [0.3, 0.4) is 0 Å². The first kappa shape index (κ1) is 13.4. The molecule has 0 spiro atoms. The van der Waals surface area contributed by atoms with Crippen LogP contribution in [-0.4, -0.2) is 18.1 Å². The number of thiazole rings is 1. The zero-order chi connectivity index (χ0) is 13.8. The van der Waals surface area contributed by atoms with Crippen LogP contribution >= 0.6 is 11.3 Å². The predicted molar refractivity (Wildman–Crippen MR) is 79.3 cm³/mol. The summed E-state index contributed by atoms with van der Waals surface area (Å²) in [6, 6.07) is 8.35. The van der Waals surface area contributed by atoms with Gasteiger partial charge in [-0.25, -0.2) is 4.98 Å². The van der Waals surface area contributed by atoms with E-state index in [1.54, 1.807) is 18.4 Å². The second kappa shape index (κ2) is 6.24. The molecule has 1 N–H and O–H groups in total. The minimum atomic E-state index is 0.501. The molecule has 5 heteroatoms. The summed E-state index contributed by atoms with van der Waals surface area (Å²) in [5.74, 6) is 1.60. The number of aromatic nitrogens is 1. The second-order valence-electron chi connectivity index (χ2n) is 4.84. The SMILES string of the molecule is COc1cccc(OCc2ncc(CNC3CC3)s2)c1. The number of ether oxygens (including phenoxy) is 2. The summed E-state index contributed by atoms with van der Waals surface area (Å²) >= 11 is 1.70. The molecular formula is C15H18N2O2S. The van der Waals surface area contributed by atoms with Gasteiger partial charge in [0.05, 0.1) is 7.11 Å². The molecule has 1 heterocycles. The minimum absolute atomic E-state index is 0.501. The van der Waals surface area contributed by atoms with E-state index in [1.807, 2.05) is 30.5 Å². The number of hydrogen-bond acceptors (Lipinski definition) is 5. The van der Waals surface area contributed by atoms with E-state index in [0.717, 1.165) is 29.1 Å². The maximum atomic E-state index is 5.73. The second-order valence-corrected chi connectivity index (χ2v) is 6.04. The van der Waals surface area contributed by atoms with Gasteiger partial charge in [0.15, 0.2) is 0 Å². The Labute approximate surface area is 122 Å². The summed E-state index contributed by atoms with van der Waals surface area (Å²) in [5.41, 5.74) is 0. The molecule has 1 fully saturated rings. The topological polar surface area (TPSA) is 43.4 Å². The molecule has 2 aromatic rings. The highest BCUT2D eigenvalue weighted by atomic mass is 32.1. The Morgan fingerprint density at radius 2 is 2.20 bits per heavy atom. The van der Waals surface area contributed by atoms with Crippen molar-refractivity contribution in [2.24, 2.45) is 0 Å². The Kier molecular flexibility index (Phi) is 4.18. The normalized spacial score (nSPS) is 14.2. The number of nitrogens with zero attached hydrogens (tertiary/aromatic N) is 1. The molecule has 1 aliphatic rings.